The van der Waals surface area contributed by atoms with E-state index in [1.165, 1.54) is 75.5 Å². The summed E-state index contributed by atoms with van der Waals surface area (Å²) in [5.74, 6) is -0.699. The Morgan fingerprint density at radius 2 is 0.641 bits per heavy atom. The average molecular weight is 914 g/mol. The Kier molecular flexibility index (Phi) is 39.8. The molecule has 0 spiro atoms. The number of ether oxygens (including phenoxy) is 12. The third-order valence-electron chi connectivity index (χ3n) is 10.0. The number of hydrogen-bond acceptors (Lipinski definition) is 15. The Morgan fingerprint density at radius 3 is 0.953 bits per heavy atom. The molecular weight excluding hydrogens is 831 g/mol. The number of fused-ring (bicyclic) bond motifs is 1. The van der Waals surface area contributed by atoms with Crippen molar-refractivity contribution in [1.29, 1.82) is 0 Å². The van der Waals surface area contributed by atoms with E-state index >= 15 is 0 Å². The number of imide groups is 1. The molecule has 0 saturated heterocycles. The van der Waals surface area contributed by atoms with Crippen molar-refractivity contribution in [2.45, 2.75) is 96.8 Å². The fourth-order valence-electron chi connectivity index (χ4n) is 6.47. The summed E-state index contributed by atoms with van der Waals surface area (Å²) in [4.78, 5) is 37.8. The van der Waals surface area contributed by atoms with Crippen LogP contribution >= 0.6 is 0 Å². The molecule has 370 valence electrons. The number of hydrogen-bond donors (Lipinski definition) is 0. The van der Waals surface area contributed by atoms with E-state index < -0.39 is 0 Å². The Labute approximate surface area is 383 Å². The van der Waals surface area contributed by atoms with Gasteiger partial charge in [-0.3, -0.25) is 19.3 Å². The van der Waals surface area contributed by atoms with Gasteiger partial charge in [-0.15, -0.1) is 0 Å². The molecule has 16 nitrogen and oxygen atoms in total. The molecule has 0 unspecified atom stereocenters. The number of carbonyl (C=O) groups excluding carboxylic acids is 3. The maximum absolute atomic E-state index is 12.3. The van der Waals surface area contributed by atoms with E-state index in [1.54, 1.807) is 24.3 Å². The van der Waals surface area contributed by atoms with Gasteiger partial charge in [-0.25, -0.2) is 0 Å². The number of nitrogens with zero attached hydrogens (tertiary/aromatic N) is 1. The van der Waals surface area contributed by atoms with E-state index in [9.17, 15) is 14.4 Å². The fourth-order valence-corrected chi connectivity index (χ4v) is 6.47. The second-order valence-electron chi connectivity index (χ2n) is 15.3. The van der Waals surface area contributed by atoms with Gasteiger partial charge in [0.1, 0.15) is 6.61 Å². The lowest BCUT2D eigenvalue weighted by molar-refractivity contribution is -0.145. The Bertz CT molecular complexity index is 1210. The van der Waals surface area contributed by atoms with E-state index in [0.29, 0.717) is 156 Å². The molecule has 16 heteroatoms. The summed E-state index contributed by atoms with van der Waals surface area (Å²) in [5, 5.41) is 0. The lowest BCUT2D eigenvalue weighted by Gasteiger charge is -2.13. The van der Waals surface area contributed by atoms with Crippen molar-refractivity contribution < 1.29 is 71.2 Å². The van der Waals surface area contributed by atoms with E-state index in [1.807, 2.05) is 0 Å². The third kappa shape index (κ3) is 33.0. The minimum Gasteiger partial charge on any atom is -0.463 e. The van der Waals surface area contributed by atoms with Crippen LogP contribution in [-0.4, -0.2) is 181 Å². The lowest BCUT2D eigenvalue weighted by Crippen LogP contribution is -2.33. The molecule has 0 aromatic heterocycles. The van der Waals surface area contributed by atoms with Crippen LogP contribution in [0, 0.1) is 0 Å². The highest BCUT2D eigenvalue weighted by atomic mass is 16.6. The topological polar surface area (TPSA) is 165 Å². The van der Waals surface area contributed by atoms with Crippen molar-refractivity contribution in [3.05, 3.63) is 35.4 Å². The van der Waals surface area contributed by atoms with Crippen molar-refractivity contribution in [3.63, 3.8) is 0 Å². The predicted molar refractivity (Wildman–Crippen MR) is 242 cm³/mol. The molecule has 0 aliphatic carbocycles. The summed E-state index contributed by atoms with van der Waals surface area (Å²) >= 11 is 0. The highest BCUT2D eigenvalue weighted by molar-refractivity contribution is 6.21. The number of esters is 1. The molecule has 0 saturated carbocycles. The van der Waals surface area contributed by atoms with Crippen LogP contribution < -0.4 is 0 Å². The average Bonchev–Trinajstić information content (AvgIpc) is 3.55. The second kappa shape index (κ2) is 44.2. The number of carbonyl (C=O) groups is 3. The van der Waals surface area contributed by atoms with Crippen LogP contribution in [0.1, 0.15) is 118 Å². The van der Waals surface area contributed by atoms with Crippen molar-refractivity contribution >= 4 is 17.8 Å². The normalized spacial score (nSPS) is 12.5. The summed E-state index contributed by atoms with van der Waals surface area (Å²) in [5.41, 5.74) is 0.879. The van der Waals surface area contributed by atoms with Crippen LogP contribution in [0.5, 0.6) is 0 Å². The molecule has 2 rings (SSSR count). The zero-order valence-corrected chi connectivity index (χ0v) is 39.3. The molecule has 0 N–H and O–H groups in total. The molecule has 1 aliphatic rings. The minimum absolute atomic E-state index is 0.138. The van der Waals surface area contributed by atoms with Gasteiger partial charge in [0.15, 0.2) is 0 Å². The number of benzene rings is 1. The van der Waals surface area contributed by atoms with Gasteiger partial charge in [0, 0.05) is 6.42 Å². The maximum atomic E-state index is 12.3. The highest BCUT2D eigenvalue weighted by Crippen LogP contribution is 2.22. The molecule has 0 fully saturated rings. The summed E-state index contributed by atoms with van der Waals surface area (Å²) in [6.45, 7) is 12.6. The zero-order chi connectivity index (χ0) is 45.6. The molecule has 1 aromatic carbocycles. The van der Waals surface area contributed by atoms with Crippen LogP contribution in [0.2, 0.25) is 0 Å². The van der Waals surface area contributed by atoms with Gasteiger partial charge in [-0.2, -0.15) is 0 Å². The lowest BCUT2D eigenvalue weighted by atomic mass is 10.0. The van der Waals surface area contributed by atoms with Crippen molar-refractivity contribution in [2.24, 2.45) is 0 Å². The molecule has 64 heavy (non-hydrogen) atoms. The van der Waals surface area contributed by atoms with Gasteiger partial charge in [0.2, 0.25) is 0 Å². The van der Waals surface area contributed by atoms with E-state index in [2.05, 4.69) is 6.92 Å². The predicted octanol–water partition coefficient (Wildman–Crippen LogP) is 6.49. The second-order valence-corrected chi connectivity index (χ2v) is 15.3. The van der Waals surface area contributed by atoms with Crippen molar-refractivity contribution in [2.75, 3.05) is 159 Å². The summed E-state index contributed by atoms with van der Waals surface area (Å²) in [6, 6.07) is 6.82. The van der Waals surface area contributed by atoms with Crippen molar-refractivity contribution in [1.82, 2.24) is 4.90 Å². The zero-order valence-electron chi connectivity index (χ0n) is 39.3. The molecular formula is C48H83NO15. The van der Waals surface area contributed by atoms with Gasteiger partial charge >= 0.3 is 5.97 Å². The largest absolute Gasteiger partial charge is 0.463 e. The summed E-state index contributed by atoms with van der Waals surface area (Å²) < 4.78 is 65.7. The molecule has 1 heterocycles. The van der Waals surface area contributed by atoms with Crippen LogP contribution in [0.3, 0.4) is 0 Å². The molecule has 2 amide bonds. The smallest absolute Gasteiger partial charge is 0.305 e. The Balaban J connectivity index is 1.14. The summed E-state index contributed by atoms with van der Waals surface area (Å²) in [7, 11) is 0. The minimum atomic E-state index is -0.280. The molecule has 1 aromatic rings. The maximum Gasteiger partial charge on any atom is 0.305 e. The third-order valence-corrected chi connectivity index (χ3v) is 10.0. The quantitative estimate of drug-likeness (QED) is 0.0396. The van der Waals surface area contributed by atoms with E-state index in [-0.39, 0.29) is 37.5 Å². The molecule has 1 aliphatic heterocycles. The fraction of sp³-hybridized carbons (Fsp3) is 0.812. The first kappa shape index (κ1) is 57.5. The first-order chi connectivity index (χ1) is 31.6. The standard InChI is InChI=1S/C48H83NO15/c1-2-3-4-5-6-7-8-9-10-11-12-13-14-19-46(50)64-43-42-63-41-40-62-39-38-61-37-36-60-35-34-59-33-32-58-31-30-57-29-28-56-27-26-55-25-24-54-23-22-53-21-20-49-47(51)44-17-15-16-18-45(44)48(49)52/h15-18H,2-14,19-43H2,1H3. The van der Waals surface area contributed by atoms with Crippen LogP contribution in [0.4, 0.5) is 0 Å². The number of rotatable bonds is 50. The molecule has 0 bridgehead atoms. The van der Waals surface area contributed by atoms with Gasteiger partial charge in [0.25, 0.3) is 11.8 Å². The monoisotopic (exact) mass is 914 g/mol. The van der Waals surface area contributed by atoms with Gasteiger partial charge in [-0.1, -0.05) is 96.1 Å². The molecule has 0 radical (unpaired) electrons. The van der Waals surface area contributed by atoms with Crippen molar-refractivity contribution in [3.8, 4) is 0 Å². The number of unbranched alkanes of at least 4 members (excludes halogenated alkanes) is 12. The van der Waals surface area contributed by atoms with E-state index in [0.717, 1.165) is 12.8 Å². The first-order valence-electron chi connectivity index (χ1n) is 24.1. The van der Waals surface area contributed by atoms with Crippen LogP contribution in [0.15, 0.2) is 24.3 Å². The first-order valence-corrected chi connectivity index (χ1v) is 24.1. The van der Waals surface area contributed by atoms with E-state index in [4.69, 9.17) is 56.8 Å². The van der Waals surface area contributed by atoms with Gasteiger partial charge < -0.3 is 56.8 Å². The van der Waals surface area contributed by atoms with Crippen LogP contribution in [0.25, 0.3) is 0 Å². The van der Waals surface area contributed by atoms with Gasteiger partial charge in [-0.05, 0) is 18.6 Å². The van der Waals surface area contributed by atoms with Crippen LogP contribution in [-0.2, 0) is 61.6 Å². The SMILES string of the molecule is CCCCCCCCCCCCCCCC(=O)OCCOCCOCCOCCOCCOCCOCCOCCOCCOCCOCCOCCN1C(=O)c2ccccc2C1=O. The summed E-state index contributed by atoms with van der Waals surface area (Å²) in [6.07, 6.45) is 17.2. The van der Waals surface area contributed by atoms with Gasteiger partial charge in [0.05, 0.1) is 163 Å². The highest BCUT2D eigenvalue weighted by Gasteiger charge is 2.34. The Hall–Kier alpha value is -2.61. The molecule has 0 atom stereocenters. The Morgan fingerprint density at radius 1 is 0.375 bits per heavy atom. The number of amides is 2.